The summed E-state index contributed by atoms with van der Waals surface area (Å²) in [5.74, 6) is 0.0360. The standard InChI is InChI=1S/C13H24N2O3/c1-13(2,15-5-8-17-9-6-15)10-14-12(16)11-4-3-7-18-11/h11H,3-10H2,1-2H3,(H,14,16). The average molecular weight is 256 g/mol. The second kappa shape index (κ2) is 5.99. The zero-order chi connectivity index (χ0) is 13.0. The molecule has 0 bridgehead atoms. The molecule has 0 radical (unpaired) electrons. The molecular formula is C13H24N2O3. The van der Waals surface area contributed by atoms with Crippen LogP contribution in [-0.4, -0.2) is 61.9 Å². The summed E-state index contributed by atoms with van der Waals surface area (Å²) in [6, 6.07) is 0. The molecule has 0 aromatic carbocycles. The maximum atomic E-state index is 11.9. The van der Waals surface area contributed by atoms with Crippen LogP contribution in [0.5, 0.6) is 0 Å². The molecule has 2 aliphatic heterocycles. The van der Waals surface area contributed by atoms with E-state index in [1.165, 1.54) is 0 Å². The van der Waals surface area contributed by atoms with Crippen LogP contribution in [0.3, 0.4) is 0 Å². The minimum absolute atomic E-state index is 0.0297. The number of hydrogen-bond acceptors (Lipinski definition) is 4. The number of amides is 1. The predicted octanol–water partition coefficient (Wildman–Crippen LogP) is 0.392. The molecule has 0 aromatic heterocycles. The minimum Gasteiger partial charge on any atom is -0.379 e. The number of nitrogens with one attached hydrogen (secondary N) is 1. The number of ether oxygens (including phenoxy) is 2. The first-order chi connectivity index (χ1) is 8.59. The van der Waals surface area contributed by atoms with E-state index in [9.17, 15) is 4.79 Å². The molecule has 0 aromatic rings. The molecule has 2 fully saturated rings. The zero-order valence-corrected chi connectivity index (χ0v) is 11.4. The number of morpholine rings is 1. The number of carbonyl (C=O) groups excluding carboxylic acids is 1. The van der Waals surface area contributed by atoms with Gasteiger partial charge in [-0.05, 0) is 26.7 Å². The molecule has 1 amide bonds. The maximum absolute atomic E-state index is 11.9. The van der Waals surface area contributed by atoms with Gasteiger partial charge in [0.25, 0.3) is 0 Å². The summed E-state index contributed by atoms with van der Waals surface area (Å²) in [5.41, 5.74) is -0.0297. The van der Waals surface area contributed by atoms with E-state index in [0.717, 1.165) is 39.1 Å². The summed E-state index contributed by atoms with van der Waals surface area (Å²) >= 11 is 0. The largest absolute Gasteiger partial charge is 0.379 e. The van der Waals surface area contributed by atoms with Gasteiger partial charge in [0.15, 0.2) is 0 Å². The van der Waals surface area contributed by atoms with Gasteiger partial charge in [-0.3, -0.25) is 9.69 Å². The Kier molecular flexibility index (Phi) is 4.59. The van der Waals surface area contributed by atoms with Crippen LogP contribution in [0.2, 0.25) is 0 Å². The SMILES string of the molecule is CC(C)(CNC(=O)C1CCCO1)N1CCOCC1. The molecule has 1 atom stereocenters. The fourth-order valence-electron chi connectivity index (χ4n) is 2.48. The van der Waals surface area contributed by atoms with Crippen LogP contribution in [0, 0.1) is 0 Å². The van der Waals surface area contributed by atoms with Crippen molar-refractivity contribution in [1.82, 2.24) is 10.2 Å². The molecule has 2 saturated heterocycles. The Morgan fingerprint density at radius 3 is 2.67 bits per heavy atom. The first-order valence-electron chi connectivity index (χ1n) is 6.82. The van der Waals surface area contributed by atoms with Gasteiger partial charge in [-0.15, -0.1) is 0 Å². The van der Waals surface area contributed by atoms with E-state index in [1.807, 2.05) is 0 Å². The lowest BCUT2D eigenvalue weighted by atomic mass is 10.0. The Hall–Kier alpha value is -0.650. The highest BCUT2D eigenvalue weighted by molar-refractivity contribution is 5.81. The topological polar surface area (TPSA) is 50.8 Å². The summed E-state index contributed by atoms with van der Waals surface area (Å²) in [6.07, 6.45) is 1.61. The molecule has 5 heteroatoms. The highest BCUT2D eigenvalue weighted by Crippen LogP contribution is 2.16. The summed E-state index contributed by atoms with van der Waals surface area (Å²) in [6.45, 7) is 9.12. The summed E-state index contributed by atoms with van der Waals surface area (Å²) < 4.78 is 10.7. The third-order valence-corrected chi connectivity index (χ3v) is 3.78. The summed E-state index contributed by atoms with van der Waals surface area (Å²) in [4.78, 5) is 14.3. The van der Waals surface area contributed by atoms with Gasteiger partial charge in [0, 0.05) is 31.8 Å². The highest BCUT2D eigenvalue weighted by Gasteiger charge is 2.30. The molecule has 2 heterocycles. The van der Waals surface area contributed by atoms with Gasteiger partial charge in [-0.1, -0.05) is 0 Å². The monoisotopic (exact) mass is 256 g/mol. The van der Waals surface area contributed by atoms with Crippen molar-refractivity contribution in [2.75, 3.05) is 39.5 Å². The van der Waals surface area contributed by atoms with Gasteiger partial charge in [-0.25, -0.2) is 0 Å². The van der Waals surface area contributed by atoms with Crippen molar-refractivity contribution in [2.45, 2.75) is 38.3 Å². The fraction of sp³-hybridized carbons (Fsp3) is 0.923. The molecular weight excluding hydrogens is 232 g/mol. The number of hydrogen-bond donors (Lipinski definition) is 1. The Labute approximate surface area is 109 Å². The van der Waals surface area contributed by atoms with Crippen LogP contribution in [-0.2, 0) is 14.3 Å². The number of nitrogens with zero attached hydrogens (tertiary/aromatic N) is 1. The van der Waals surface area contributed by atoms with Gasteiger partial charge in [0.2, 0.25) is 5.91 Å². The Balaban J connectivity index is 1.78. The van der Waals surface area contributed by atoms with Crippen LogP contribution >= 0.6 is 0 Å². The maximum Gasteiger partial charge on any atom is 0.249 e. The normalized spacial score (nSPS) is 26.2. The van der Waals surface area contributed by atoms with Crippen molar-refractivity contribution >= 4 is 5.91 Å². The first kappa shape index (κ1) is 13.8. The number of carbonyl (C=O) groups is 1. The molecule has 0 saturated carbocycles. The van der Waals surface area contributed by atoms with Crippen LogP contribution in [0.1, 0.15) is 26.7 Å². The van der Waals surface area contributed by atoms with Gasteiger partial charge in [0.05, 0.1) is 13.2 Å². The third-order valence-electron chi connectivity index (χ3n) is 3.78. The second-order valence-electron chi connectivity index (χ2n) is 5.63. The molecule has 0 spiro atoms. The lowest BCUT2D eigenvalue weighted by Gasteiger charge is -2.41. The van der Waals surface area contributed by atoms with E-state index in [-0.39, 0.29) is 17.6 Å². The summed E-state index contributed by atoms with van der Waals surface area (Å²) in [5, 5.41) is 3.02. The van der Waals surface area contributed by atoms with Crippen molar-refractivity contribution in [3.8, 4) is 0 Å². The summed E-state index contributed by atoms with van der Waals surface area (Å²) in [7, 11) is 0. The van der Waals surface area contributed by atoms with Gasteiger partial charge >= 0.3 is 0 Å². The van der Waals surface area contributed by atoms with E-state index in [0.29, 0.717) is 13.2 Å². The molecule has 1 N–H and O–H groups in total. The van der Waals surface area contributed by atoms with E-state index >= 15 is 0 Å². The Morgan fingerprint density at radius 1 is 1.33 bits per heavy atom. The van der Waals surface area contributed by atoms with Crippen molar-refractivity contribution in [3.63, 3.8) is 0 Å². The molecule has 5 nitrogen and oxygen atoms in total. The molecule has 0 aliphatic carbocycles. The quantitative estimate of drug-likeness (QED) is 0.790. The van der Waals surface area contributed by atoms with Crippen LogP contribution in [0.15, 0.2) is 0 Å². The van der Waals surface area contributed by atoms with Gasteiger partial charge in [0.1, 0.15) is 6.10 Å². The van der Waals surface area contributed by atoms with Crippen LogP contribution < -0.4 is 5.32 Å². The fourth-order valence-corrected chi connectivity index (χ4v) is 2.48. The number of rotatable bonds is 4. The van der Waals surface area contributed by atoms with Gasteiger partial charge < -0.3 is 14.8 Å². The van der Waals surface area contributed by atoms with Crippen molar-refractivity contribution in [1.29, 1.82) is 0 Å². The van der Waals surface area contributed by atoms with Gasteiger partial charge in [-0.2, -0.15) is 0 Å². The second-order valence-corrected chi connectivity index (χ2v) is 5.63. The lowest BCUT2D eigenvalue weighted by molar-refractivity contribution is -0.130. The van der Waals surface area contributed by atoms with E-state index in [1.54, 1.807) is 0 Å². The Morgan fingerprint density at radius 2 is 2.06 bits per heavy atom. The molecule has 104 valence electrons. The average Bonchev–Trinajstić information content (AvgIpc) is 2.91. The third kappa shape index (κ3) is 3.43. The lowest BCUT2D eigenvalue weighted by Crippen LogP contribution is -2.56. The highest BCUT2D eigenvalue weighted by atomic mass is 16.5. The van der Waals surface area contributed by atoms with Crippen LogP contribution in [0.4, 0.5) is 0 Å². The zero-order valence-electron chi connectivity index (χ0n) is 11.4. The molecule has 18 heavy (non-hydrogen) atoms. The smallest absolute Gasteiger partial charge is 0.249 e. The van der Waals surface area contributed by atoms with E-state index in [4.69, 9.17) is 9.47 Å². The Bertz CT molecular complexity index is 282. The van der Waals surface area contributed by atoms with Crippen molar-refractivity contribution in [2.24, 2.45) is 0 Å². The van der Waals surface area contributed by atoms with Crippen molar-refractivity contribution < 1.29 is 14.3 Å². The van der Waals surface area contributed by atoms with Crippen LogP contribution in [0.25, 0.3) is 0 Å². The minimum atomic E-state index is -0.231. The van der Waals surface area contributed by atoms with Crippen molar-refractivity contribution in [3.05, 3.63) is 0 Å². The van der Waals surface area contributed by atoms with E-state index < -0.39 is 0 Å². The molecule has 1 unspecified atom stereocenters. The molecule has 2 aliphatic rings. The molecule has 2 rings (SSSR count). The first-order valence-corrected chi connectivity index (χ1v) is 6.82. The van der Waals surface area contributed by atoms with E-state index in [2.05, 4.69) is 24.1 Å². The predicted molar refractivity (Wildman–Crippen MR) is 68.5 cm³/mol.